The summed E-state index contributed by atoms with van der Waals surface area (Å²) < 4.78 is 13.8. The van der Waals surface area contributed by atoms with Gasteiger partial charge in [-0.2, -0.15) is 0 Å². The minimum atomic E-state index is -0.960. The van der Waals surface area contributed by atoms with Crippen molar-refractivity contribution in [3.63, 3.8) is 0 Å². The zero-order chi connectivity index (χ0) is 15.0. The minimum absolute atomic E-state index is 0.243. The van der Waals surface area contributed by atoms with Gasteiger partial charge in [-0.1, -0.05) is 17.7 Å². The Kier molecular flexibility index (Phi) is 3.55. The fourth-order valence-electron chi connectivity index (χ4n) is 2.61. The first-order valence-corrected chi connectivity index (χ1v) is 6.97. The molecule has 0 amide bonds. The van der Waals surface area contributed by atoms with Crippen molar-refractivity contribution in [3.8, 4) is 0 Å². The van der Waals surface area contributed by atoms with Gasteiger partial charge in [0.05, 0.1) is 5.56 Å². The Morgan fingerprint density at radius 1 is 1.29 bits per heavy atom. The predicted octanol–water partition coefficient (Wildman–Crippen LogP) is 3.74. The van der Waals surface area contributed by atoms with Crippen molar-refractivity contribution < 1.29 is 14.3 Å². The van der Waals surface area contributed by atoms with Gasteiger partial charge in [0.25, 0.3) is 0 Å². The third-order valence-electron chi connectivity index (χ3n) is 3.69. The van der Waals surface area contributed by atoms with E-state index in [0.717, 1.165) is 24.2 Å². The lowest BCUT2D eigenvalue weighted by atomic mass is 10.1. The van der Waals surface area contributed by atoms with Gasteiger partial charge in [0, 0.05) is 29.4 Å². The number of benzene rings is 2. The van der Waals surface area contributed by atoms with Gasteiger partial charge < -0.3 is 10.0 Å². The highest BCUT2D eigenvalue weighted by Gasteiger charge is 2.21. The molecule has 0 atom stereocenters. The molecule has 21 heavy (non-hydrogen) atoms. The van der Waals surface area contributed by atoms with Gasteiger partial charge in [-0.05, 0) is 42.3 Å². The van der Waals surface area contributed by atoms with E-state index in [-0.39, 0.29) is 11.4 Å². The summed E-state index contributed by atoms with van der Waals surface area (Å²) in [5.41, 5.74) is 2.69. The van der Waals surface area contributed by atoms with E-state index >= 15 is 0 Å². The number of carboxylic acids is 1. The second-order valence-electron chi connectivity index (χ2n) is 5.06. The molecule has 0 fully saturated rings. The van der Waals surface area contributed by atoms with E-state index in [2.05, 4.69) is 0 Å². The van der Waals surface area contributed by atoms with E-state index in [0.29, 0.717) is 17.1 Å². The lowest BCUT2D eigenvalue weighted by Crippen LogP contribution is -2.20. The molecule has 3 rings (SSSR count). The molecule has 0 radical (unpaired) electrons. The number of nitrogens with zero attached hydrogens (tertiary/aromatic N) is 1. The first-order valence-electron chi connectivity index (χ1n) is 6.59. The number of rotatable bonds is 3. The van der Waals surface area contributed by atoms with Crippen molar-refractivity contribution in [3.05, 3.63) is 63.9 Å². The Bertz CT molecular complexity index is 717. The third-order valence-corrected chi connectivity index (χ3v) is 3.93. The van der Waals surface area contributed by atoms with E-state index in [1.54, 1.807) is 18.2 Å². The summed E-state index contributed by atoms with van der Waals surface area (Å²) in [6, 6.07) is 9.55. The van der Waals surface area contributed by atoms with Crippen LogP contribution in [-0.2, 0) is 13.0 Å². The molecule has 108 valence electrons. The molecule has 0 aliphatic carbocycles. The van der Waals surface area contributed by atoms with E-state index in [4.69, 9.17) is 16.7 Å². The molecule has 2 aromatic rings. The van der Waals surface area contributed by atoms with E-state index < -0.39 is 5.97 Å². The van der Waals surface area contributed by atoms with Crippen LogP contribution in [0.4, 0.5) is 10.1 Å². The smallest absolute Gasteiger partial charge is 0.335 e. The van der Waals surface area contributed by atoms with Gasteiger partial charge in [-0.3, -0.25) is 0 Å². The summed E-state index contributed by atoms with van der Waals surface area (Å²) in [6.45, 7) is 1.12. The first kappa shape index (κ1) is 13.9. The van der Waals surface area contributed by atoms with Crippen molar-refractivity contribution in [1.29, 1.82) is 0 Å². The molecule has 1 N–H and O–H groups in total. The molecule has 2 aromatic carbocycles. The molecule has 0 unspecified atom stereocenters. The average molecular weight is 306 g/mol. The van der Waals surface area contributed by atoms with Crippen molar-refractivity contribution in [2.24, 2.45) is 0 Å². The van der Waals surface area contributed by atoms with Gasteiger partial charge >= 0.3 is 5.97 Å². The minimum Gasteiger partial charge on any atom is -0.478 e. The predicted molar refractivity (Wildman–Crippen MR) is 79.6 cm³/mol. The number of anilines is 1. The van der Waals surface area contributed by atoms with Gasteiger partial charge in [0.1, 0.15) is 5.82 Å². The van der Waals surface area contributed by atoms with Crippen LogP contribution in [0.15, 0.2) is 36.4 Å². The highest BCUT2D eigenvalue weighted by molar-refractivity contribution is 6.30. The molecule has 1 aliphatic rings. The van der Waals surface area contributed by atoms with Crippen molar-refractivity contribution in [1.82, 2.24) is 0 Å². The fraction of sp³-hybridized carbons (Fsp3) is 0.188. The number of aromatic carboxylic acids is 1. The Balaban J connectivity index is 1.92. The lowest BCUT2D eigenvalue weighted by molar-refractivity contribution is 0.0697. The van der Waals surface area contributed by atoms with E-state index in [9.17, 15) is 9.18 Å². The van der Waals surface area contributed by atoms with Gasteiger partial charge in [-0.15, -0.1) is 0 Å². The summed E-state index contributed by atoms with van der Waals surface area (Å²) in [5, 5.41) is 9.57. The molecular formula is C16H13ClFNO2. The number of carboxylic acid groups (broad SMARTS) is 1. The first-order chi connectivity index (χ1) is 10.0. The Morgan fingerprint density at radius 3 is 2.86 bits per heavy atom. The van der Waals surface area contributed by atoms with Crippen molar-refractivity contribution in [2.75, 3.05) is 11.4 Å². The number of carbonyl (C=O) groups is 1. The average Bonchev–Trinajstić information content (AvgIpc) is 2.85. The fourth-order valence-corrected chi connectivity index (χ4v) is 2.81. The van der Waals surface area contributed by atoms with Crippen LogP contribution in [0.5, 0.6) is 0 Å². The molecule has 5 heteroatoms. The summed E-state index contributed by atoms with van der Waals surface area (Å²) in [4.78, 5) is 13.1. The maximum Gasteiger partial charge on any atom is 0.335 e. The molecule has 3 nitrogen and oxygen atoms in total. The van der Waals surface area contributed by atoms with Gasteiger partial charge in [0.15, 0.2) is 0 Å². The van der Waals surface area contributed by atoms with Crippen LogP contribution in [0.2, 0.25) is 5.02 Å². The van der Waals surface area contributed by atoms with Crippen molar-refractivity contribution >= 4 is 23.3 Å². The quantitative estimate of drug-likeness (QED) is 0.939. The number of halogens is 2. The van der Waals surface area contributed by atoms with Crippen LogP contribution in [0.1, 0.15) is 21.5 Å². The number of hydrogen-bond acceptors (Lipinski definition) is 2. The Labute approximate surface area is 126 Å². The number of fused-ring (bicyclic) bond motifs is 1. The highest BCUT2D eigenvalue weighted by atomic mass is 35.5. The maximum absolute atomic E-state index is 13.8. The second-order valence-corrected chi connectivity index (χ2v) is 5.49. The van der Waals surface area contributed by atoms with Crippen LogP contribution in [0, 0.1) is 5.82 Å². The molecule has 1 heterocycles. The summed E-state index contributed by atoms with van der Waals surface area (Å²) >= 11 is 5.91. The standard InChI is InChI=1S/C16H13ClFNO2/c17-13-3-4-14(18)12(7-13)9-19-6-5-10-1-2-11(16(20)21)8-15(10)19/h1-4,7-8H,5-6,9H2,(H,20,21). The Morgan fingerprint density at radius 2 is 2.10 bits per heavy atom. The van der Waals surface area contributed by atoms with Crippen LogP contribution in [-0.4, -0.2) is 17.6 Å². The molecule has 0 aromatic heterocycles. The molecule has 0 saturated carbocycles. The molecule has 0 spiro atoms. The zero-order valence-corrected chi connectivity index (χ0v) is 11.9. The SMILES string of the molecule is O=C(O)c1ccc2c(c1)N(Cc1cc(Cl)ccc1F)CC2. The molecule has 0 bridgehead atoms. The van der Waals surface area contributed by atoms with Crippen LogP contribution >= 0.6 is 11.6 Å². The maximum atomic E-state index is 13.8. The topological polar surface area (TPSA) is 40.5 Å². The number of hydrogen-bond donors (Lipinski definition) is 1. The largest absolute Gasteiger partial charge is 0.478 e. The van der Waals surface area contributed by atoms with Gasteiger partial charge in [-0.25, -0.2) is 9.18 Å². The zero-order valence-electron chi connectivity index (χ0n) is 11.1. The highest BCUT2D eigenvalue weighted by Crippen LogP contribution is 2.31. The van der Waals surface area contributed by atoms with E-state index in [1.165, 1.54) is 12.1 Å². The van der Waals surface area contributed by atoms with Crippen LogP contribution in [0.3, 0.4) is 0 Å². The second kappa shape index (κ2) is 5.37. The van der Waals surface area contributed by atoms with Crippen LogP contribution in [0.25, 0.3) is 0 Å². The third kappa shape index (κ3) is 2.72. The Hall–Kier alpha value is -2.07. The summed E-state index contributed by atoms with van der Waals surface area (Å²) in [7, 11) is 0. The lowest BCUT2D eigenvalue weighted by Gasteiger charge is -2.20. The molecule has 1 aliphatic heterocycles. The normalized spacial score (nSPS) is 13.3. The summed E-state index contributed by atoms with van der Waals surface area (Å²) in [6.07, 6.45) is 0.831. The monoisotopic (exact) mass is 305 g/mol. The van der Waals surface area contributed by atoms with Crippen molar-refractivity contribution in [2.45, 2.75) is 13.0 Å². The molecular weight excluding hydrogens is 293 g/mol. The molecule has 0 saturated heterocycles. The summed E-state index contributed by atoms with van der Waals surface area (Å²) in [5.74, 6) is -1.26. The van der Waals surface area contributed by atoms with E-state index in [1.807, 2.05) is 11.0 Å². The van der Waals surface area contributed by atoms with Gasteiger partial charge in [0.2, 0.25) is 0 Å². The van der Waals surface area contributed by atoms with Crippen LogP contribution < -0.4 is 4.90 Å².